The van der Waals surface area contributed by atoms with Gasteiger partial charge < -0.3 is 20.0 Å². The van der Waals surface area contributed by atoms with E-state index < -0.39 is 24.3 Å². The number of carboxylic acids is 2. The molecule has 1 saturated carbocycles. The fourth-order valence-electron chi connectivity index (χ4n) is 4.47. The van der Waals surface area contributed by atoms with Crippen molar-refractivity contribution >= 4 is 23.4 Å². The van der Waals surface area contributed by atoms with Crippen molar-refractivity contribution in [2.24, 2.45) is 5.92 Å². The number of alkyl halides is 6. The number of nitrogens with zero attached hydrogens (tertiary/aromatic N) is 5. The van der Waals surface area contributed by atoms with Crippen LogP contribution in [0.4, 0.5) is 32.2 Å². The number of fused-ring (bicyclic) bond motifs is 1. The van der Waals surface area contributed by atoms with Crippen LogP contribution < -0.4 is 4.90 Å². The van der Waals surface area contributed by atoms with Gasteiger partial charge in [0, 0.05) is 45.5 Å². The normalized spacial score (nSPS) is 20.7. The van der Waals surface area contributed by atoms with E-state index in [1.54, 1.807) is 0 Å². The van der Waals surface area contributed by atoms with Gasteiger partial charge in [0.25, 0.3) is 0 Å². The first kappa shape index (κ1) is 30.5. The van der Waals surface area contributed by atoms with E-state index >= 15 is 0 Å². The Morgan fingerprint density at radius 1 is 0.949 bits per heavy atom. The van der Waals surface area contributed by atoms with Crippen molar-refractivity contribution < 1.29 is 46.1 Å². The molecule has 0 amide bonds. The van der Waals surface area contributed by atoms with Crippen LogP contribution in [0.25, 0.3) is 5.65 Å². The van der Waals surface area contributed by atoms with Gasteiger partial charge in [0.2, 0.25) is 0 Å². The minimum Gasteiger partial charge on any atom is -0.475 e. The monoisotopic (exact) mass is 567 g/mol. The van der Waals surface area contributed by atoms with Crippen molar-refractivity contribution in [3.05, 3.63) is 30.1 Å². The average molecular weight is 568 g/mol. The Bertz CT molecular complexity index is 1100. The first-order valence-electron chi connectivity index (χ1n) is 12.4. The quantitative estimate of drug-likeness (QED) is 0.537. The zero-order chi connectivity index (χ0) is 29.0. The standard InChI is InChI=1S/C20H29N5.2C2HF3O2/c1-22-11-12-24(13-16-7-8-16)18(15-22)17-14-25-19(21-17)5-4-6-20(25)23-9-2-3-10-23;2*3-2(4,5)1(6)7/h4-6,14,16,18H,2-3,7-13,15H2,1H3;2*(H,6,7). The molecule has 0 bridgehead atoms. The van der Waals surface area contributed by atoms with E-state index in [0.717, 1.165) is 18.1 Å². The maximum absolute atomic E-state index is 10.6. The van der Waals surface area contributed by atoms with Gasteiger partial charge in [0.15, 0.2) is 0 Å². The van der Waals surface area contributed by atoms with E-state index in [1.807, 2.05) is 0 Å². The van der Waals surface area contributed by atoms with Gasteiger partial charge in [-0.15, -0.1) is 0 Å². The second-order valence-electron chi connectivity index (χ2n) is 9.79. The van der Waals surface area contributed by atoms with Crippen LogP contribution in [0.15, 0.2) is 24.4 Å². The highest BCUT2D eigenvalue weighted by Crippen LogP contribution is 2.34. The molecule has 2 saturated heterocycles. The minimum atomic E-state index is -5.08. The van der Waals surface area contributed by atoms with E-state index in [-0.39, 0.29) is 0 Å². The van der Waals surface area contributed by atoms with Crippen molar-refractivity contribution in [2.45, 2.75) is 44.1 Å². The number of rotatable bonds is 4. The molecule has 15 heteroatoms. The summed E-state index contributed by atoms with van der Waals surface area (Å²) in [6.07, 6.45) is -2.40. The molecule has 0 spiro atoms. The average Bonchev–Trinajstić information content (AvgIpc) is 3.30. The Morgan fingerprint density at radius 3 is 2.03 bits per heavy atom. The van der Waals surface area contributed by atoms with Gasteiger partial charge in [0.05, 0.1) is 11.7 Å². The van der Waals surface area contributed by atoms with E-state index in [9.17, 15) is 26.3 Å². The van der Waals surface area contributed by atoms with E-state index in [1.165, 1.54) is 69.9 Å². The molecule has 2 aliphatic heterocycles. The molecule has 0 aromatic carbocycles. The van der Waals surface area contributed by atoms with E-state index in [4.69, 9.17) is 24.8 Å². The number of carbonyl (C=O) groups is 2. The number of hydrogen-bond acceptors (Lipinski definition) is 6. The number of aromatic nitrogens is 2. The first-order chi connectivity index (χ1) is 18.2. The van der Waals surface area contributed by atoms with Crippen LogP contribution in [-0.4, -0.2) is 100 Å². The summed E-state index contributed by atoms with van der Waals surface area (Å²) in [7, 11) is 2.24. The van der Waals surface area contributed by atoms with Gasteiger partial charge in [-0.1, -0.05) is 6.07 Å². The molecule has 1 unspecified atom stereocenters. The summed E-state index contributed by atoms with van der Waals surface area (Å²) in [4.78, 5) is 30.5. The molecular weight excluding hydrogens is 536 g/mol. The van der Waals surface area contributed by atoms with Crippen LogP contribution in [0.2, 0.25) is 0 Å². The number of anilines is 1. The molecule has 2 aromatic heterocycles. The number of halogens is 6. The van der Waals surface area contributed by atoms with Crippen molar-refractivity contribution in [1.82, 2.24) is 19.2 Å². The molecule has 3 aliphatic rings. The maximum atomic E-state index is 10.6. The fourth-order valence-corrected chi connectivity index (χ4v) is 4.47. The lowest BCUT2D eigenvalue weighted by Gasteiger charge is -2.39. The highest BCUT2D eigenvalue weighted by molar-refractivity contribution is 5.73. The Hall–Kier alpha value is -3.07. The van der Waals surface area contributed by atoms with E-state index in [0.29, 0.717) is 6.04 Å². The SMILES string of the molecule is CN1CCN(CC2CC2)C(c2cn3c(N4CCCC4)cccc3n2)C1.O=C(O)C(F)(F)F.O=C(O)C(F)(F)F. The van der Waals surface area contributed by atoms with Crippen LogP contribution >= 0.6 is 0 Å². The number of likely N-dealkylation sites (N-methyl/N-ethyl adjacent to an activating group) is 1. The number of aliphatic carboxylic acids is 2. The van der Waals surface area contributed by atoms with Crippen LogP contribution in [0.1, 0.15) is 37.4 Å². The second kappa shape index (κ2) is 12.4. The topological polar surface area (TPSA) is 102 Å². The molecule has 9 nitrogen and oxygen atoms in total. The van der Waals surface area contributed by atoms with Gasteiger partial charge in [0.1, 0.15) is 11.5 Å². The summed E-state index contributed by atoms with van der Waals surface area (Å²) in [5.74, 6) is -3.27. The molecule has 1 atom stereocenters. The van der Waals surface area contributed by atoms with Crippen LogP contribution in [0, 0.1) is 5.92 Å². The number of piperazine rings is 1. The van der Waals surface area contributed by atoms with Gasteiger partial charge in [-0.25, -0.2) is 14.6 Å². The molecule has 218 valence electrons. The molecule has 4 heterocycles. The first-order valence-corrected chi connectivity index (χ1v) is 12.4. The third-order valence-corrected chi connectivity index (χ3v) is 6.63. The Morgan fingerprint density at radius 2 is 1.51 bits per heavy atom. The van der Waals surface area contributed by atoms with Crippen molar-refractivity contribution in [3.8, 4) is 0 Å². The summed E-state index contributed by atoms with van der Waals surface area (Å²) < 4.78 is 65.8. The highest BCUT2D eigenvalue weighted by Gasteiger charge is 2.39. The Kier molecular flexibility index (Phi) is 9.69. The molecule has 5 rings (SSSR count). The molecule has 3 fully saturated rings. The molecule has 2 aromatic rings. The zero-order valence-corrected chi connectivity index (χ0v) is 21.2. The van der Waals surface area contributed by atoms with Crippen LogP contribution in [0.5, 0.6) is 0 Å². The predicted molar refractivity (Wildman–Crippen MR) is 129 cm³/mol. The number of hydrogen-bond donors (Lipinski definition) is 2. The van der Waals surface area contributed by atoms with Crippen LogP contribution in [0.3, 0.4) is 0 Å². The van der Waals surface area contributed by atoms with Crippen LogP contribution in [-0.2, 0) is 9.59 Å². The smallest absolute Gasteiger partial charge is 0.475 e. The maximum Gasteiger partial charge on any atom is 0.490 e. The molecule has 0 radical (unpaired) electrons. The molecule has 1 aliphatic carbocycles. The molecule has 39 heavy (non-hydrogen) atoms. The van der Waals surface area contributed by atoms with Crippen molar-refractivity contribution in [2.75, 3.05) is 51.2 Å². The number of imidazole rings is 1. The third kappa shape index (κ3) is 8.71. The largest absolute Gasteiger partial charge is 0.490 e. The van der Waals surface area contributed by atoms with Gasteiger partial charge >= 0.3 is 24.3 Å². The Labute approximate surface area is 220 Å². The molecule has 2 N–H and O–H groups in total. The lowest BCUT2D eigenvalue weighted by Crippen LogP contribution is -2.47. The summed E-state index contributed by atoms with van der Waals surface area (Å²) in [6.45, 7) is 7.04. The van der Waals surface area contributed by atoms with Gasteiger partial charge in [-0.3, -0.25) is 9.30 Å². The summed E-state index contributed by atoms with van der Waals surface area (Å²) in [5.41, 5.74) is 2.35. The predicted octanol–water partition coefficient (Wildman–Crippen LogP) is 3.90. The third-order valence-electron chi connectivity index (χ3n) is 6.63. The zero-order valence-electron chi connectivity index (χ0n) is 21.2. The lowest BCUT2D eigenvalue weighted by molar-refractivity contribution is -0.193. The molecular formula is C24H31F6N5O4. The second-order valence-corrected chi connectivity index (χ2v) is 9.79. The van der Waals surface area contributed by atoms with Crippen molar-refractivity contribution in [3.63, 3.8) is 0 Å². The van der Waals surface area contributed by atoms with E-state index in [2.05, 4.69) is 50.5 Å². The summed E-state index contributed by atoms with van der Waals surface area (Å²) >= 11 is 0. The minimum absolute atomic E-state index is 0.436. The van der Waals surface area contributed by atoms with Gasteiger partial charge in [-0.2, -0.15) is 26.3 Å². The fraction of sp³-hybridized carbons (Fsp3) is 0.625. The number of carboxylic acid groups (broad SMARTS) is 2. The number of pyridine rings is 1. The Balaban J connectivity index is 0.000000251. The summed E-state index contributed by atoms with van der Waals surface area (Å²) in [6, 6.07) is 7.00. The van der Waals surface area contributed by atoms with Gasteiger partial charge in [-0.05, 0) is 50.8 Å². The lowest BCUT2D eigenvalue weighted by atomic mass is 10.1. The van der Waals surface area contributed by atoms with Crippen molar-refractivity contribution in [1.29, 1.82) is 0 Å². The highest BCUT2D eigenvalue weighted by atomic mass is 19.4. The summed E-state index contributed by atoms with van der Waals surface area (Å²) in [5, 5.41) is 14.2.